The molecule has 3 rings (SSSR count). The minimum Gasteiger partial charge on any atom is -0.338 e. The summed E-state index contributed by atoms with van der Waals surface area (Å²) in [5.41, 5.74) is 3.55. The van der Waals surface area contributed by atoms with Gasteiger partial charge in [-0.05, 0) is 55.6 Å². The van der Waals surface area contributed by atoms with Gasteiger partial charge in [-0.1, -0.05) is 36.4 Å². The van der Waals surface area contributed by atoms with E-state index in [0.717, 1.165) is 18.4 Å². The topological polar surface area (TPSA) is 23.6 Å². The molecule has 25 heavy (non-hydrogen) atoms. The summed E-state index contributed by atoms with van der Waals surface area (Å²) < 4.78 is 13.4. The summed E-state index contributed by atoms with van der Waals surface area (Å²) in [6.07, 6.45) is 2.12. The third-order valence-corrected chi connectivity index (χ3v) is 5.01. The van der Waals surface area contributed by atoms with Crippen molar-refractivity contribution in [2.45, 2.75) is 32.4 Å². The van der Waals surface area contributed by atoms with Crippen molar-refractivity contribution in [3.05, 3.63) is 71.0 Å². The summed E-state index contributed by atoms with van der Waals surface area (Å²) in [7, 11) is 2.01. The Morgan fingerprint density at radius 3 is 2.76 bits per heavy atom. The number of aryl methyl sites for hydroxylation is 1. The number of hydrogen-bond donors (Lipinski definition) is 0. The molecule has 0 radical (unpaired) electrons. The molecule has 2 aromatic rings. The Morgan fingerprint density at radius 2 is 2.00 bits per heavy atom. The van der Waals surface area contributed by atoms with Gasteiger partial charge in [0.25, 0.3) is 0 Å². The highest BCUT2D eigenvalue weighted by atomic mass is 19.1. The summed E-state index contributed by atoms with van der Waals surface area (Å²) in [6.45, 7) is 3.40. The quantitative estimate of drug-likeness (QED) is 0.799. The molecule has 0 aliphatic heterocycles. The highest BCUT2D eigenvalue weighted by Crippen LogP contribution is 2.34. The van der Waals surface area contributed by atoms with Gasteiger partial charge >= 0.3 is 0 Å². The normalized spacial score (nSPS) is 16.1. The Labute approximate surface area is 149 Å². The van der Waals surface area contributed by atoms with Gasteiger partial charge in [-0.15, -0.1) is 0 Å². The van der Waals surface area contributed by atoms with Crippen LogP contribution in [0, 0.1) is 5.82 Å². The standard InChI is InChI=1S/C21H25FN2O/c1-3-24(14-16-7-6-9-18(22)13-16)21(25)15-23(2)20-12-11-17-8-4-5-10-19(17)20/h4-10,13,20H,3,11-12,14-15H2,1-2H3. The second-order valence-electron chi connectivity index (χ2n) is 6.71. The zero-order valence-corrected chi connectivity index (χ0v) is 14.9. The van der Waals surface area contributed by atoms with Crippen molar-refractivity contribution >= 4 is 5.91 Å². The summed E-state index contributed by atoms with van der Waals surface area (Å²) in [6, 6.07) is 15.2. The molecule has 132 valence electrons. The number of carbonyl (C=O) groups excluding carboxylic acids is 1. The predicted molar refractivity (Wildman–Crippen MR) is 97.6 cm³/mol. The summed E-state index contributed by atoms with van der Waals surface area (Å²) in [5.74, 6) is -0.181. The van der Waals surface area contributed by atoms with Gasteiger partial charge in [-0.2, -0.15) is 0 Å². The molecule has 0 fully saturated rings. The summed E-state index contributed by atoms with van der Waals surface area (Å²) in [5, 5.41) is 0. The first kappa shape index (κ1) is 17.6. The molecule has 4 heteroatoms. The van der Waals surface area contributed by atoms with Crippen LogP contribution in [0.4, 0.5) is 4.39 Å². The number of carbonyl (C=O) groups is 1. The number of nitrogens with zero attached hydrogens (tertiary/aromatic N) is 2. The maximum absolute atomic E-state index is 13.4. The first-order valence-electron chi connectivity index (χ1n) is 8.88. The number of fused-ring (bicyclic) bond motifs is 1. The molecule has 0 heterocycles. The Balaban J connectivity index is 1.64. The molecule has 2 aromatic carbocycles. The molecular weight excluding hydrogens is 315 g/mol. The van der Waals surface area contributed by atoms with Crippen LogP contribution >= 0.6 is 0 Å². The molecule has 0 bridgehead atoms. The maximum atomic E-state index is 13.4. The van der Waals surface area contributed by atoms with Crippen LogP contribution in [0.25, 0.3) is 0 Å². The Hall–Kier alpha value is -2.20. The van der Waals surface area contributed by atoms with Crippen LogP contribution in [0.15, 0.2) is 48.5 Å². The van der Waals surface area contributed by atoms with Crippen molar-refractivity contribution in [2.75, 3.05) is 20.1 Å². The highest BCUT2D eigenvalue weighted by molar-refractivity contribution is 5.78. The summed E-state index contributed by atoms with van der Waals surface area (Å²) >= 11 is 0. The number of amides is 1. The van der Waals surface area contributed by atoms with E-state index >= 15 is 0 Å². The third kappa shape index (κ3) is 4.07. The van der Waals surface area contributed by atoms with E-state index in [9.17, 15) is 9.18 Å². The van der Waals surface area contributed by atoms with Crippen molar-refractivity contribution in [3.63, 3.8) is 0 Å². The lowest BCUT2D eigenvalue weighted by Crippen LogP contribution is -2.39. The highest BCUT2D eigenvalue weighted by Gasteiger charge is 2.27. The van der Waals surface area contributed by atoms with E-state index in [0.29, 0.717) is 25.7 Å². The van der Waals surface area contributed by atoms with E-state index in [1.54, 1.807) is 11.0 Å². The fourth-order valence-corrected chi connectivity index (χ4v) is 3.65. The lowest BCUT2D eigenvalue weighted by atomic mass is 10.1. The van der Waals surface area contributed by atoms with Crippen molar-refractivity contribution < 1.29 is 9.18 Å². The van der Waals surface area contributed by atoms with Gasteiger partial charge in [-0.25, -0.2) is 4.39 Å². The average molecular weight is 340 g/mol. The number of halogens is 1. The van der Waals surface area contributed by atoms with Crippen LogP contribution in [0.3, 0.4) is 0 Å². The molecule has 0 saturated carbocycles. The van der Waals surface area contributed by atoms with Gasteiger partial charge in [0.15, 0.2) is 0 Å². The first-order valence-corrected chi connectivity index (χ1v) is 8.88. The smallest absolute Gasteiger partial charge is 0.237 e. The van der Waals surface area contributed by atoms with Crippen molar-refractivity contribution in [1.82, 2.24) is 9.80 Å². The lowest BCUT2D eigenvalue weighted by Gasteiger charge is -2.28. The van der Waals surface area contributed by atoms with E-state index in [1.807, 2.05) is 20.0 Å². The first-order chi connectivity index (χ1) is 12.1. The molecular formula is C21H25FN2O. The van der Waals surface area contributed by atoms with E-state index in [2.05, 4.69) is 29.2 Å². The number of rotatable bonds is 6. The summed E-state index contributed by atoms with van der Waals surface area (Å²) in [4.78, 5) is 16.7. The number of benzene rings is 2. The molecule has 1 aliphatic carbocycles. The van der Waals surface area contributed by atoms with Gasteiger partial charge in [0.2, 0.25) is 5.91 Å². The van der Waals surface area contributed by atoms with Crippen LogP contribution in [-0.2, 0) is 17.8 Å². The molecule has 1 unspecified atom stereocenters. The third-order valence-electron chi connectivity index (χ3n) is 5.01. The Bertz CT molecular complexity index is 746. The lowest BCUT2D eigenvalue weighted by molar-refractivity contribution is -0.133. The van der Waals surface area contributed by atoms with Crippen molar-refractivity contribution in [2.24, 2.45) is 0 Å². The van der Waals surface area contributed by atoms with Crippen LogP contribution in [-0.4, -0.2) is 35.8 Å². The predicted octanol–water partition coefficient (Wildman–Crippen LogP) is 3.79. The van der Waals surface area contributed by atoms with Gasteiger partial charge in [0.05, 0.1) is 6.54 Å². The Kier molecular flexibility index (Phi) is 5.49. The van der Waals surface area contributed by atoms with E-state index in [4.69, 9.17) is 0 Å². The molecule has 1 atom stereocenters. The molecule has 0 N–H and O–H groups in total. The molecule has 3 nitrogen and oxygen atoms in total. The second kappa shape index (κ2) is 7.79. The fourth-order valence-electron chi connectivity index (χ4n) is 3.65. The zero-order chi connectivity index (χ0) is 17.8. The van der Waals surface area contributed by atoms with Gasteiger partial charge in [0, 0.05) is 19.1 Å². The average Bonchev–Trinajstić information content (AvgIpc) is 3.03. The zero-order valence-electron chi connectivity index (χ0n) is 14.9. The molecule has 0 saturated heterocycles. The fraction of sp³-hybridized carbons (Fsp3) is 0.381. The minimum atomic E-state index is -0.263. The van der Waals surface area contributed by atoms with E-state index < -0.39 is 0 Å². The van der Waals surface area contributed by atoms with Gasteiger partial charge < -0.3 is 4.90 Å². The number of likely N-dealkylation sites (N-methyl/N-ethyl adjacent to an activating group) is 2. The van der Waals surface area contributed by atoms with E-state index in [1.165, 1.54) is 23.3 Å². The van der Waals surface area contributed by atoms with Crippen molar-refractivity contribution in [3.8, 4) is 0 Å². The van der Waals surface area contributed by atoms with Gasteiger partial charge in [0.1, 0.15) is 5.82 Å². The monoisotopic (exact) mass is 340 g/mol. The van der Waals surface area contributed by atoms with Gasteiger partial charge in [-0.3, -0.25) is 9.69 Å². The van der Waals surface area contributed by atoms with Crippen LogP contribution in [0.5, 0.6) is 0 Å². The van der Waals surface area contributed by atoms with E-state index in [-0.39, 0.29) is 11.7 Å². The molecule has 0 aromatic heterocycles. The second-order valence-corrected chi connectivity index (χ2v) is 6.71. The van der Waals surface area contributed by atoms with Crippen LogP contribution in [0.2, 0.25) is 0 Å². The minimum absolute atomic E-state index is 0.0821. The molecule has 1 amide bonds. The SMILES string of the molecule is CCN(Cc1cccc(F)c1)C(=O)CN(C)C1CCc2ccccc21. The maximum Gasteiger partial charge on any atom is 0.237 e. The molecule has 0 spiro atoms. The Morgan fingerprint density at radius 1 is 1.20 bits per heavy atom. The van der Waals surface area contributed by atoms with Crippen LogP contribution < -0.4 is 0 Å². The molecule has 1 aliphatic rings. The largest absolute Gasteiger partial charge is 0.338 e. The number of hydrogen-bond acceptors (Lipinski definition) is 2. The van der Waals surface area contributed by atoms with Crippen LogP contribution in [0.1, 0.15) is 36.1 Å². The van der Waals surface area contributed by atoms with Crippen molar-refractivity contribution in [1.29, 1.82) is 0 Å².